The maximum absolute atomic E-state index is 13.7. The fourth-order valence-electron chi connectivity index (χ4n) is 3.66. The van der Waals surface area contributed by atoms with E-state index < -0.39 is 29.5 Å². The van der Waals surface area contributed by atoms with Crippen molar-refractivity contribution in [2.24, 2.45) is 0 Å². The number of fused-ring (bicyclic) bond motifs is 1. The summed E-state index contributed by atoms with van der Waals surface area (Å²) in [7, 11) is 0. The minimum atomic E-state index is -1.24. The molecule has 4 rings (SSSR count). The van der Waals surface area contributed by atoms with E-state index in [4.69, 9.17) is 23.2 Å². The minimum absolute atomic E-state index is 0.0435. The second-order valence-electron chi connectivity index (χ2n) is 7.63. The summed E-state index contributed by atoms with van der Waals surface area (Å²) in [6.45, 7) is 1.45. The van der Waals surface area contributed by atoms with Crippen LogP contribution in [0.2, 0.25) is 10.0 Å². The molecule has 0 spiro atoms. The number of halogens is 6. The van der Waals surface area contributed by atoms with E-state index in [1.54, 1.807) is 0 Å². The summed E-state index contributed by atoms with van der Waals surface area (Å²) < 4.78 is 1.64. The first-order valence-corrected chi connectivity index (χ1v) is 14.0. The van der Waals surface area contributed by atoms with E-state index in [0.717, 1.165) is 5.01 Å². The van der Waals surface area contributed by atoms with Crippen LogP contribution >= 0.6 is 86.9 Å². The Balaban J connectivity index is 1.86. The van der Waals surface area contributed by atoms with Gasteiger partial charge in [-0.15, -0.1) is 0 Å². The zero-order valence-electron chi connectivity index (χ0n) is 18.0. The van der Waals surface area contributed by atoms with Crippen LogP contribution < -0.4 is 0 Å². The number of nitrogens with zero attached hydrogens (tertiary/aromatic N) is 2. The molecule has 0 unspecified atom stereocenters. The molecule has 184 valence electrons. The Bertz CT molecular complexity index is 1400. The van der Waals surface area contributed by atoms with Gasteiger partial charge in [-0.25, -0.2) is 5.01 Å². The van der Waals surface area contributed by atoms with Gasteiger partial charge in [-0.2, -0.15) is 5.01 Å². The first-order valence-electron chi connectivity index (χ1n) is 10.1. The van der Waals surface area contributed by atoms with Gasteiger partial charge in [0.15, 0.2) is 5.78 Å². The quantitative estimate of drug-likeness (QED) is 0.114. The molecule has 12 heteroatoms. The van der Waals surface area contributed by atoms with Gasteiger partial charge in [-0.05, 0) is 119 Å². The van der Waals surface area contributed by atoms with Gasteiger partial charge in [0.1, 0.15) is 6.04 Å². The van der Waals surface area contributed by atoms with E-state index in [-0.39, 0.29) is 22.3 Å². The highest BCUT2D eigenvalue weighted by Crippen LogP contribution is 2.46. The monoisotopic (exact) mass is 778 g/mol. The normalized spacial score (nSPS) is 13.6. The van der Waals surface area contributed by atoms with Crippen LogP contribution in [0.5, 0.6) is 0 Å². The van der Waals surface area contributed by atoms with Gasteiger partial charge in [-0.3, -0.25) is 19.2 Å². The summed E-state index contributed by atoms with van der Waals surface area (Å²) in [4.78, 5) is 54.5. The summed E-state index contributed by atoms with van der Waals surface area (Å²) in [5.74, 6) is -2.77. The predicted octanol–water partition coefficient (Wildman–Crippen LogP) is 7.97. The Morgan fingerprint density at radius 3 is 1.53 bits per heavy atom. The molecular weight excluding hydrogens is 771 g/mol. The fourth-order valence-corrected chi connectivity index (χ4v) is 6.37. The minimum Gasteiger partial charge on any atom is -0.292 e. The Morgan fingerprint density at radius 1 is 0.722 bits per heavy atom. The molecule has 3 amide bonds. The first-order chi connectivity index (χ1) is 17.0. The maximum atomic E-state index is 13.7. The van der Waals surface area contributed by atoms with Crippen molar-refractivity contribution in [2.75, 3.05) is 0 Å². The number of hydrogen-bond donors (Lipinski definition) is 0. The standard InChI is InChI=1S/C24H12Br4Cl2N2O4/c1-10(21(33)11-2-6-13(29)7-3-11)31(22(34)12-4-8-14(30)9-5-12)32-23(35)15-16(24(32)36)18(26)20(28)19(27)17(15)25/h2-10H,1H3/t10-/m0/s1. The van der Waals surface area contributed by atoms with Crippen molar-refractivity contribution in [2.45, 2.75) is 13.0 Å². The van der Waals surface area contributed by atoms with E-state index in [9.17, 15) is 19.2 Å². The average molecular weight is 783 g/mol. The van der Waals surface area contributed by atoms with Crippen LogP contribution in [0.1, 0.15) is 48.4 Å². The van der Waals surface area contributed by atoms with Crippen LogP contribution in [0.4, 0.5) is 0 Å². The number of Topliss-reactive ketones (excluding diaryl/α,β-unsaturated/α-hetero) is 1. The van der Waals surface area contributed by atoms with Crippen molar-refractivity contribution >= 4 is 110 Å². The molecule has 1 aliphatic rings. The number of rotatable bonds is 5. The van der Waals surface area contributed by atoms with Gasteiger partial charge in [0.25, 0.3) is 17.7 Å². The van der Waals surface area contributed by atoms with Crippen molar-refractivity contribution in [1.29, 1.82) is 0 Å². The van der Waals surface area contributed by atoms with Crippen LogP contribution in [-0.2, 0) is 0 Å². The van der Waals surface area contributed by atoms with E-state index >= 15 is 0 Å². The molecule has 0 radical (unpaired) electrons. The van der Waals surface area contributed by atoms with Crippen molar-refractivity contribution in [3.63, 3.8) is 0 Å². The number of carbonyl (C=O) groups is 4. The van der Waals surface area contributed by atoms with Gasteiger partial charge in [0.05, 0.1) is 11.1 Å². The summed E-state index contributed by atoms with van der Waals surface area (Å²) in [6, 6.07) is 10.8. The Hall–Kier alpha value is -1.56. The number of amides is 3. The van der Waals surface area contributed by atoms with E-state index in [1.807, 2.05) is 0 Å². The number of ketones is 1. The van der Waals surface area contributed by atoms with Gasteiger partial charge in [0, 0.05) is 39.1 Å². The third kappa shape index (κ3) is 4.72. The molecule has 1 heterocycles. The number of carbonyl (C=O) groups excluding carboxylic acids is 4. The Labute approximate surface area is 249 Å². The molecule has 0 saturated heterocycles. The summed E-state index contributed by atoms with van der Waals surface area (Å²) in [5.41, 5.74) is 0.474. The van der Waals surface area contributed by atoms with Gasteiger partial charge < -0.3 is 0 Å². The molecule has 3 aromatic rings. The summed E-state index contributed by atoms with van der Waals surface area (Å²) >= 11 is 25.4. The van der Waals surface area contributed by atoms with Crippen molar-refractivity contribution in [3.05, 3.63) is 98.7 Å². The lowest BCUT2D eigenvalue weighted by Crippen LogP contribution is -2.56. The van der Waals surface area contributed by atoms with Crippen LogP contribution in [0.3, 0.4) is 0 Å². The summed E-state index contributed by atoms with van der Waals surface area (Å²) in [5, 5.41) is 2.41. The molecule has 0 saturated carbocycles. The molecular formula is C24H12Br4Cl2N2O4. The number of hydrazine groups is 1. The SMILES string of the molecule is C[C@@H](C(=O)c1ccc(Cl)cc1)N(C(=O)c1ccc(Cl)cc1)N1C(=O)c2c(Br)c(Br)c(Br)c(Br)c2C1=O. The van der Waals surface area contributed by atoms with Crippen molar-refractivity contribution in [1.82, 2.24) is 10.0 Å². The number of imide groups is 1. The lowest BCUT2D eigenvalue weighted by atomic mass is 10.0. The summed E-state index contributed by atoms with van der Waals surface area (Å²) in [6.07, 6.45) is 0. The van der Waals surface area contributed by atoms with E-state index in [2.05, 4.69) is 63.7 Å². The van der Waals surface area contributed by atoms with Gasteiger partial charge in [-0.1, -0.05) is 23.2 Å². The van der Waals surface area contributed by atoms with Crippen molar-refractivity contribution in [3.8, 4) is 0 Å². The van der Waals surface area contributed by atoms with Crippen LogP contribution in [0, 0.1) is 0 Å². The number of hydrogen-bond acceptors (Lipinski definition) is 4. The molecule has 0 aliphatic carbocycles. The molecule has 0 N–H and O–H groups in total. The maximum Gasteiger partial charge on any atom is 0.282 e. The third-order valence-corrected chi connectivity index (χ3v) is 10.7. The highest BCUT2D eigenvalue weighted by atomic mass is 79.9. The van der Waals surface area contributed by atoms with E-state index in [1.165, 1.54) is 55.5 Å². The Morgan fingerprint density at radius 2 is 1.11 bits per heavy atom. The molecule has 1 atom stereocenters. The largest absolute Gasteiger partial charge is 0.292 e. The van der Waals surface area contributed by atoms with Crippen LogP contribution in [-0.4, -0.2) is 39.6 Å². The lowest BCUT2D eigenvalue weighted by molar-refractivity contribution is -0.00685. The third-order valence-electron chi connectivity index (χ3n) is 5.47. The topological polar surface area (TPSA) is 74.8 Å². The lowest BCUT2D eigenvalue weighted by Gasteiger charge is -2.34. The molecule has 0 bridgehead atoms. The van der Waals surface area contributed by atoms with Crippen LogP contribution in [0.15, 0.2) is 66.4 Å². The van der Waals surface area contributed by atoms with Crippen molar-refractivity contribution < 1.29 is 19.2 Å². The number of benzene rings is 3. The van der Waals surface area contributed by atoms with E-state index in [0.29, 0.717) is 32.9 Å². The highest BCUT2D eigenvalue weighted by molar-refractivity contribution is 9.15. The van der Waals surface area contributed by atoms with Crippen LogP contribution in [0.25, 0.3) is 0 Å². The molecule has 6 nitrogen and oxygen atoms in total. The highest BCUT2D eigenvalue weighted by Gasteiger charge is 2.48. The van der Waals surface area contributed by atoms with Gasteiger partial charge in [0.2, 0.25) is 0 Å². The smallest absolute Gasteiger partial charge is 0.282 e. The fraction of sp³-hybridized carbons (Fsp3) is 0.0833. The van der Waals surface area contributed by atoms with Gasteiger partial charge >= 0.3 is 0 Å². The zero-order valence-corrected chi connectivity index (χ0v) is 25.8. The first kappa shape index (κ1) is 27.5. The molecule has 0 aromatic heterocycles. The zero-order chi connectivity index (χ0) is 26.5. The predicted molar refractivity (Wildman–Crippen MR) is 151 cm³/mol. The molecule has 1 aliphatic heterocycles. The molecule has 3 aromatic carbocycles. The molecule has 0 fully saturated rings. The second-order valence-corrected chi connectivity index (χ2v) is 11.7. The molecule has 36 heavy (non-hydrogen) atoms. The second kappa shape index (κ2) is 10.7. The average Bonchev–Trinajstić information content (AvgIpc) is 3.12. The Kier molecular flexibility index (Phi) is 8.14.